The summed E-state index contributed by atoms with van der Waals surface area (Å²) in [4.78, 5) is 36.8. The van der Waals surface area contributed by atoms with Crippen LogP contribution in [0.4, 0.5) is 11.5 Å². The number of carbonyl (C=O) groups excluding carboxylic acids is 2. The molecule has 2 amide bonds. The summed E-state index contributed by atoms with van der Waals surface area (Å²) in [6, 6.07) is 13.3. The Hall–Kier alpha value is -4.35. The van der Waals surface area contributed by atoms with Gasteiger partial charge < -0.3 is 20.3 Å². The van der Waals surface area contributed by atoms with Gasteiger partial charge in [0.25, 0.3) is 11.8 Å². The van der Waals surface area contributed by atoms with Gasteiger partial charge in [-0.05, 0) is 36.4 Å². The summed E-state index contributed by atoms with van der Waals surface area (Å²) in [5, 5.41) is 5.91. The lowest BCUT2D eigenvalue weighted by Gasteiger charge is -2.16. The van der Waals surface area contributed by atoms with E-state index in [0.29, 0.717) is 16.1 Å². The van der Waals surface area contributed by atoms with Crippen LogP contribution >= 0.6 is 11.6 Å². The van der Waals surface area contributed by atoms with Crippen molar-refractivity contribution < 1.29 is 14.3 Å². The average molecular weight is 488 g/mol. The van der Waals surface area contributed by atoms with E-state index in [0.717, 1.165) is 24.5 Å². The van der Waals surface area contributed by atoms with Gasteiger partial charge in [0.2, 0.25) is 0 Å². The van der Waals surface area contributed by atoms with E-state index in [1.54, 1.807) is 30.3 Å². The first kappa shape index (κ1) is 23.8. The molecular formula is C26H22ClN5O3. The zero-order valence-electron chi connectivity index (χ0n) is 19.1. The van der Waals surface area contributed by atoms with Crippen LogP contribution < -0.4 is 15.4 Å². The number of rotatable bonds is 6. The highest BCUT2D eigenvalue weighted by Gasteiger charge is 2.21. The molecule has 1 aromatic heterocycles. The fourth-order valence-corrected chi connectivity index (χ4v) is 3.71. The zero-order chi connectivity index (χ0) is 24.9. The van der Waals surface area contributed by atoms with Gasteiger partial charge in [-0.3, -0.25) is 14.6 Å². The summed E-state index contributed by atoms with van der Waals surface area (Å²) in [6.07, 6.45) is 6.98. The molecule has 2 N–H and O–H groups in total. The molecule has 2 aromatic carbocycles. The number of terminal acetylenes is 1. The summed E-state index contributed by atoms with van der Waals surface area (Å²) < 4.78 is 5.44. The van der Waals surface area contributed by atoms with Gasteiger partial charge >= 0.3 is 0 Å². The van der Waals surface area contributed by atoms with Gasteiger partial charge in [0.15, 0.2) is 0 Å². The van der Waals surface area contributed by atoms with E-state index in [4.69, 9.17) is 22.8 Å². The second-order valence-corrected chi connectivity index (χ2v) is 8.16. The topological polar surface area (TPSA) is 95.9 Å². The smallest absolute Gasteiger partial charge is 0.259 e. The number of carbonyl (C=O) groups is 2. The van der Waals surface area contributed by atoms with Gasteiger partial charge in [-0.25, -0.2) is 4.98 Å². The number of hydrogen-bond acceptors (Lipinski definition) is 6. The molecule has 0 aliphatic carbocycles. The zero-order valence-corrected chi connectivity index (χ0v) is 19.9. The number of aromatic nitrogens is 1. The number of ether oxygens (including phenoxy) is 1. The van der Waals surface area contributed by atoms with Gasteiger partial charge in [0.05, 0.1) is 29.9 Å². The normalized spacial score (nSPS) is 12.5. The number of amides is 2. The number of benzene rings is 2. The maximum Gasteiger partial charge on any atom is 0.259 e. The Labute approximate surface area is 208 Å². The largest absolute Gasteiger partial charge is 0.495 e. The fraction of sp³-hybridized carbons (Fsp3) is 0.154. The Balaban J connectivity index is 1.62. The molecule has 0 bridgehead atoms. The number of pyridine rings is 1. The van der Waals surface area contributed by atoms with E-state index >= 15 is 0 Å². The fourth-order valence-electron chi connectivity index (χ4n) is 3.60. The average Bonchev–Trinajstić information content (AvgIpc) is 3.31. The van der Waals surface area contributed by atoms with Gasteiger partial charge in [-0.2, -0.15) is 0 Å². The van der Waals surface area contributed by atoms with Crippen LogP contribution in [0.1, 0.15) is 31.8 Å². The van der Waals surface area contributed by atoms with Crippen molar-refractivity contribution in [2.75, 3.05) is 37.9 Å². The van der Waals surface area contributed by atoms with Crippen molar-refractivity contribution in [1.29, 1.82) is 0 Å². The predicted molar refractivity (Wildman–Crippen MR) is 137 cm³/mol. The molecule has 0 radical (unpaired) electrons. The van der Waals surface area contributed by atoms with E-state index in [1.165, 1.54) is 19.4 Å². The SMILES string of the molecule is C#Cc1cc(OC)c(NC(=O)c2ccc(C3=NCCN3C)cc2)c(C(=O)Nc2ccc(Cl)cn2)c1. The first-order valence-electron chi connectivity index (χ1n) is 10.7. The second kappa shape index (κ2) is 10.3. The molecule has 9 heteroatoms. The minimum atomic E-state index is -0.525. The minimum absolute atomic E-state index is 0.126. The van der Waals surface area contributed by atoms with Crippen molar-refractivity contribution in [3.05, 3.63) is 82.0 Å². The molecule has 2 heterocycles. The molecule has 1 aliphatic heterocycles. The highest BCUT2D eigenvalue weighted by Crippen LogP contribution is 2.31. The number of nitrogens with zero attached hydrogens (tertiary/aromatic N) is 3. The Morgan fingerprint density at radius 3 is 2.49 bits per heavy atom. The summed E-state index contributed by atoms with van der Waals surface area (Å²) in [7, 11) is 3.41. The number of likely N-dealkylation sites (N-methyl/N-ethyl adjacent to an activating group) is 1. The van der Waals surface area contributed by atoms with Crippen LogP contribution in [0.15, 0.2) is 59.7 Å². The number of aliphatic imine (C=N–C) groups is 1. The number of anilines is 2. The number of halogens is 1. The predicted octanol–water partition coefficient (Wildman–Crippen LogP) is 3.92. The van der Waals surface area contributed by atoms with Gasteiger partial charge in [0, 0.05) is 36.5 Å². The van der Waals surface area contributed by atoms with E-state index in [9.17, 15) is 9.59 Å². The number of nitrogens with one attached hydrogen (secondary N) is 2. The van der Waals surface area contributed by atoms with Crippen LogP contribution in [0, 0.1) is 12.3 Å². The van der Waals surface area contributed by atoms with Gasteiger partial charge in [-0.1, -0.05) is 29.7 Å². The molecule has 0 unspecified atom stereocenters. The van der Waals surface area contributed by atoms with Crippen LogP contribution in [0.25, 0.3) is 0 Å². The summed E-state index contributed by atoms with van der Waals surface area (Å²) in [6.45, 7) is 1.61. The summed E-state index contributed by atoms with van der Waals surface area (Å²) in [5.41, 5.74) is 2.06. The third-order valence-corrected chi connectivity index (χ3v) is 5.63. The molecule has 3 aromatic rings. The van der Waals surface area contributed by atoms with E-state index in [-0.39, 0.29) is 22.8 Å². The first-order chi connectivity index (χ1) is 16.9. The Morgan fingerprint density at radius 1 is 1.11 bits per heavy atom. The molecular weight excluding hydrogens is 466 g/mol. The molecule has 1 aliphatic rings. The monoisotopic (exact) mass is 487 g/mol. The number of methoxy groups -OCH3 is 1. The van der Waals surface area contributed by atoms with Crippen molar-refractivity contribution in [3.63, 3.8) is 0 Å². The molecule has 0 atom stereocenters. The van der Waals surface area contributed by atoms with E-state index in [2.05, 4.69) is 31.4 Å². The molecule has 0 saturated carbocycles. The molecule has 0 spiro atoms. The Kier molecular flexibility index (Phi) is 6.99. The first-order valence-corrected chi connectivity index (χ1v) is 11.1. The summed E-state index contributed by atoms with van der Waals surface area (Å²) >= 11 is 5.87. The minimum Gasteiger partial charge on any atom is -0.495 e. The second-order valence-electron chi connectivity index (χ2n) is 7.72. The lowest BCUT2D eigenvalue weighted by atomic mass is 10.1. The van der Waals surface area contributed by atoms with Crippen molar-refractivity contribution >= 4 is 40.8 Å². The lowest BCUT2D eigenvalue weighted by Crippen LogP contribution is -2.23. The van der Waals surface area contributed by atoms with Crippen LogP contribution in [0.3, 0.4) is 0 Å². The molecule has 176 valence electrons. The molecule has 35 heavy (non-hydrogen) atoms. The van der Waals surface area contributed by atoms with Crippen molar-refractivity contribution in [3.8, 4) is 18.1 Å². The highest BCUT2D eigenvalue weighted by molar-refractivity contribution is 6.30. The third-order valence-electron chi connectivity index (χ3n) is 5.40. The third kappa shape index (κ3) is 5.26. The maximum absolute atomic E-state index is 13.1. The summed E-state index contributed by atoms with van der Waals surface area (Å²) in [5.74, 6) is 2.99. The van der Waals surface area contributed by atoms with Crippen molar-refractivity contribution in [2.45, 2.75) is 0 Å². The van der Waals surface area contributed by atoms with E-state index < -0.39 is 11.8 Å². The molecule has 4 rings (SSSR count). The molecule has 0 saturated heterocycles. The van der Waals surface area contributed by atoms with Crippen LogP contribution in [-0.4, -0.2) is 54.8 Å². The number of amidine groups is 1. The molecule has 0 fully saturated rings. The van der Waals surface area contributed by atoms with Crippen molar-refractivity contribution in [2.24, 2.45) is 4.99 Å². The van der Waals surface area contributed by atoms with E-state index in [1.807, 2.05) is 19.2 Å². The lowest BCUT2D eigenvalue weighted by molar-refractivity contribution is 0.102. The molecule has 8 nitrogen and oxygen atoms in total. The number of hydrogen-bond donors (Lipinski definition) is 2. The Bertz CT molecular complexity index is 1350. The highest BCUT2D eigenvalue weighted by atomic mass is 35.5. The van der Waals surface area contributed by atoms with Gasteiger partial charge in [0.1, 0.15) is 17.4 Å². The van der Waals surface area contributed by atoms with Gasteiger partial charge in [-0.15, -0.1) is 6.42 Å². The maximum atomic E-state index is 13.1. The van der Waals surface area contributed by atoms with Crippen LogP contribution in [-0.2, 0) is 0 Å². The van der Waals surface area contributed by atoms with Crippen molar-refractivity contribution in [1.82, 2.24) is 9.88 Å². The van der Waals surface area contributed by atoms with Crippen LogP contribution in [0.5, 0.6) is 5.75 Å². The Morgan fingerprint density at radius 2 is 1.89 bits per heavy atom. The standard InChI is InChI=1S/C26H22ClN5O3/c1-4-16-13-20(26(34)30-22-10-9-19(27)15-29-22)23(21(14-16)35-3)31-25(33)18-7-5-17(6-8-18)24-28-11-12-32(24)2/h1,5-10,13-15H,11-12H2,2-3H3,(H,31,33)(H,29,30,34). The quantitative estimate of drug-likeness (QED) is 0.514. The van der Waals surface area contributed by atoms with Crippen LogP contribution in [0.2, 0.25) is 5.02 Å².